The van der Waals surface area contributed by atoms with Crippen molar-refractivity contribution < 1.29 is 23.1 Å². The summed E-state index contributed by atoms with van der Waals surface area (Å²) in [4.78, 5) is 28.1. The fourth-order valence-electron chi connectivity index (χ4n) is 5.75. The van der Waals surface area contributed by atoms with Gasteiger partial charge in [-0.1, -0.05) is 54.4 Å². The summed E-state index contributed by atoms with van der Waals surface area (Å²) in [6, 6.07) is 13.6. The summed E-state index contributed by atoms with van der Waals surface area (Å²) in [6.45, 7) is 1.83. The number of hydrogen-bond donors (Lipinski definition) is 1. The second-order valence-corrected chi connectivity index (χ2v) is 13.3. The fraction of sp³-hybridized carbons (Fsp3) is 0.481. The Kier molecular flexibility index (Phi) is 7.75. The molecule has 36 heavy (non-hydrogen) atoms. The summed E-state index contributed by atoms with van der Waals surface area (Å²) >= 11 is 12.6. The normalized spacial score (nSPS) is 25.6. The molecule has 2 fully saturated rings. The van der Waals surface area contributed by atoms with Crippen LogP contribution in [0.15, 0.2) is 48.5 Å². The van der Waals surface area contributed by atoms with E-state index in [1.54, 1.807) is 23.1 Å². The summed E-state index contributed by atoms with van der Waals surface area (Å²) in [5, 5.41) is 10.9. The van der Waals surface area contributed by atoms with E-state index in [-0.39, 0.29) is 29.9 Å². The van der Waals surface area contributed by atoms with Crippen LogP contribution in [0, 0.1) is 11.3 Å². The molecule has 2 aromatic rings. The Morgan fingerprint density at radius 3 is 2.31 bits per heavy atom. The van der Waals surface area contributed by atoms with Gasteiger partial charge in [0.2, 0.25) is 5.91 Å². The van der Waals surface area contributed by atoms with Crippen molar-refractivity contribution in [1.82, 2.24) is 4.90 Å². The first-order chi connectivity index (χ1) is 16.9. The predicted octanol–water partition coefficient (Wildman–Crippen LogP) is 5.74. The number of likely N-dealkylation sites (tertiary alicyclic amines) is 1. The maximum absolute atomic E-state index is 14.4. The summed E-state index contributed by atoms with van der Waals surface area (Å²) in [5.41, 5.74) is 0.556. The van der Waals surface area contributed by atoms with Crippen molar-refractivity contribution in [3.8, 4) is 0 Å². The predicted molar refractivity (Wildman–Crippen MR) is 141 cm³/mol. The number of benzene rings is 2. The smallest absolute Gasteiger partial charge is 0.304 e. The lowest BCUT2D eigenvalue weighted by Crippen LogP contribution is -2.58. The lowest BCUT2D eigenvalue weighted by molar-refractivity contribution is -0.162. The number of carbonyl (C=O) groups excluding carboxylic acids is 1. The van der Waals surface area contributed by atoms with Crippen molar-refractivity contribution in [2.24, 2.45) is 11.3 Å². The molecule has 2 aromatic carbocycles. The quantitative estimate of drug-likeness (QED) is 0.428. The molecule has 4 atom stereocenters. The highest BCUT2D eigenvalue weighted by molar-refractivity contribution is 7.90. The lowest BCUT2D eigenvalue weighted by atomic mass is 9.65. The Balaban J connectivity index is 1.96. The molecule has 0 radical (unpaired) electrons. The molecule has 4 unspecified atom stereocenters. The van der Waals surface area contributed by atoms with Gasteiger partial charge < -0.3 is 10.0 Å². The average molecular weight is 553 g/mol. The Hall–Kier alpha value is -2.09. The lowest BCUT2D eigenvalue weighted by Gasteiger charge is -2.53. The Bertz CT molecular complexity index is 1250. The van der Waals surface area contributed by atoms with Crippen LogP contribution in [0.1, 0.15) is 62.1 Å². The topological polar surface area (TPSA) is 91.8 Å². The Morgan fingerprint density at radius 1 is 1.11 bits per heavy atom. The van der Waals surface area contributed by atoms with E-state index in [9.17, 15) is 23.1 Å². The molecule has 0 spiro atoms. The van der Waals surface area contributed by atoms with Crippen LogP contribution in [0.5, 0.6) is 0 Å². The largest absolute Gasteiger partial charge is 0.481 e. The molecule has 0 bridgehead atoms. The van der Waals surface area contributed by atoms with Gasteiger partial charge in [0, 0.05) is 28.3 Å². The second kappa shape index (κ2) is 10.3. The maximum atomic E-state index is 14.4. The Labute approximate surface area is 222 Å². The minimum absolute atomic E-state index is 0.0518. The van der Waals surface area contributed by atoms with Crippen LogP contribution < -0.4 is 0 Å². The van der Waals surface area contributed by atoms with E-state index in [4.69, 9.17) is 23.2 Å². The molecule has 1 saturated carbocycles. The van der Waals surface area contributed by atoms with Crippen LogP contribution in [0.3, 0.4) is 0 Å². The molecule has 9 heteroatoms. The highest BCUT2D eigenvalue weighted by Gasteiger charge is 2.56. The number of sulfone groups is 1. The molecule has 1 N–H and O–H groups in total. The molecule has 1 heterocycles. The number of carboxylic acids is 1. The van der Waals surface area contributed by atoms with Gasteiger partial charge in [-0.2, -0.15) is 0 Å². The van der Waals surface area contributed by atoms with E-state index in [0.717, 1.165) is 24.0 Å². The monoisotopic (exact) mass is 551 g/mol. The number of carbonyl (C=O) groups is 2. The zero-order chi connectivity index (χ0) is 26.3. The van der Waals surface area contributed by atoms with Crippen molar-refractivity contribution in [2.75, 3.05) is 12.0 Å². The summed E-state index contributed by atoms with van der Waals surface area (Å²) in [5.74, 6) is -1.74. The number of carboxylic acid groups (broad SMARTS) is 1. The standard InChI is InChI=1S/C27H31Cl2NO5S/c1-3-27(15-24(31)32)14-22(19-5-4-6-21(29)13-19)25(18-9-11-20(28)12-10-18)30(26(27)33)23(17-7-8-17)16-36(2,34)35/h4-6,9-13,17,22-23,25H,3,7-8,14-16H2,1-2H3,(H,31,32). The molecule has 4 rings (SSSR count). The number of halogens is 2. The van der Waals surface area contributed by atoms with Crippen LogP contribution in [-0.4, -0.2) is 48.4 Å². The van der Waals surface area contributed by atoms with Gasteiger partial charge in [-0.25, -0.2) is 8.42 Å². The average Bonchev–Trinajstić information content (AvgIpc) is 3.64. The van der Waals surface area contributed by atoms with Gasteiger partial charge in [0.25, 0.3) is 0 Å². The molecule has 1 saturated heterocycles. The van der Waals surface area contributed by atoms with Crippen molar-refractivity contribution in [2.45, 2.75) is 57.0 Å². The van der Waals surface area contributed by atoms with Crippen molar-refractivity contribution >= 4 is 44.9 Å². The third-order valence-electron chi connectivity index (χ3n) is 7.63. The summed E-state index contributed by atoms with van der Waals surface area (Å²) in [7, 11) is -3.42. The van der Waals surface area contributed by atoms with E-state index >= 15 is 0 Å². The van der Waals surface area contributed by atoms with Gasteiger partial charge >= 0.3 is 5.97 Å². The van der Waals surface area contributed by atoms with Gasteiger partial charge in [-0.15, -0.1) is 0 Å². The highest BCUT2D eigenvalue weighted by atomic mass is 35.5. The fourth-order valence-corrected chi connectivity index (χ4v) is 7.13. The van der Waals surface area contributed by atoms with E-state index in [2.05, 4.69) is 0 Å². The zero-order valence-corrected chi connectivity index (χ0v) is 22.7. The van der Waals surface area contributed by atoms with Gasteiger partial charge in [0.15, 0.2) is 0 Å². The van der Waals surface area contributed by atoms with Crippen molar-refractivity contribution in [3.05, 3.63) is 69.7 Å². The molecular weight excluding hydrogens is 521 g/mol. The molecule has 1 aliphatic heterocycles. The number of rotatable bonds is 9. The van der Waals surface area contributed by atoms with E-state index in [1.165, 1.54) is 6.26 Å². The molecule has 1 aliphatic carbocycles. The Morgan fingerprint density at radius 2 is 1.78 bits per heavy atom. The van der Waals surface area contributed by atoms with Gasteiger partial charge in [-0.05, 0) is 67.0 Å². The number of amides is 1. The first-order valence-electron chi connectivity index (χ1n) is 12.2. The molecule has 6 nitrogen and oxygen atoms in total. The van der Waals surface area contributed by atoms with E-state index in [0.29, 0.717) is 22.9 Å². The second-order valence-electron chi connectivity index (χ2n) is 10.3. The molecular formula is C27H31Cl2NO5S. The molecule has 1 amide bonds. The SMILES string of the molecule is CCC1(CC(=O)O)CC(c2cccc(Cl)c2)C(c2ccc(Cl)cc2)N(C(CS(C)(=O)=O)C2CC2)C1=O. The van der Waals surface area contributed by atoms with Crippen LogP contribution in [0.25, 0.3) is 0 Å². The third-order valence-corrected chi connectivity index (χ3v) is 9.07. The van der Waals surface area contributed by atoms with Gasteiger partial charge in [0.05, 0.1) is 23.6 Å². The van der Waals surface area contributed by atoms with Crippen LogP contribution in [0.4, 0.5) is 0 Å². The van der Waals surface area contributed by atoms with Crippen LogP contribution in [0.2, 0.25) is 10.0 Å². The minimum Gasteiger partial charge on any atom is -0.481 e. The molecule has 194 valence electrons. The van der Waals surface area contributed by atoms with Crippen molar-refractivity contribution in [3.63, 3.8) is 0 Å². The number of aliphatic carboxylic acids is 1. The van der Waals surface area contributed by atoms with Gasteiger partial charge in [0.1, 0.15) is 9.84 Å². The minimum atomic E-state index is -3.42. The highest BCUT2D eigenvalue weighted by Crippen LogP contribution is 2.55. The molecule has 2 aliphatic rings. The molecule has 0 aromatic heterocycles. The number of nitrogens with zero attached hydrogens (tertiary/aromatic N) is 1. The van der Waals surface area contributed by atoms with Crippen molar-refractivity contribution in [1.29, 1.82) is 0 Å². The summed E-state index contributed by atoms with van der Waals surface area (Å²) < 4.78 is 25.1. The summed E-state index contributed by atoms with van der Waals surface area (Å²) in [6.07, 6.45) is 3.17. The van der Waals surface area contributed by atoms with E-state index < -0.39 is 33.3 Å². The first kappa shape index (κ1) is 27.0. The zero-order valence-electron chi connectivity index (χ0n) is 20.4. The van der Waals surface area contributed by atoms with E-state index in [1.807, 2.05) is 37.3 Å². The first-order valence-corrected chi connectivity index (χ1v) is 15.0. The third kappa shape index (κ3) is 5.74. The van der Waals surface area contributed by atoms with Crippen LogP contribution in [-0.2, 0) is 19.4 Å². The van der Waals surface area contributed by atoms with Gasteiger partial charge in [-0.3, -0.25) is 9.59 Å². The number of hydrogen-bond acceptors (Lipinski definition) is 4. The number of piperidine rings is 1. The van der Waals surface area contributed by atoms with Crippen LogP contribution >= 0.6 is 23.2 Å². The maximum Gasteiger partial charge on any atom is 0.304 e.